The smallest absolute Gasteiger partial charge is 0.272 e. The minimum absolute atomic E-state index is 0.125. The molecule has 1 saturated heterocycles. The molecule has 3 aromatic rings. The van der Waals surface area contributed by atoms with E-state index in [1.54, 1.807) is 6.07 Å². The second kappa shape index (κ2) is 7.54. The third kappa shape index (κ3) is 3.67. The number of amides is 1. The van der Waals surface area contributed by atoms with E-state index < -0.39 is 11.6 Å². The second-order valence-electron chi connectivity index (χ2n) is 7.30. The fraction of sp³-hybridized carbons (Fsp3) is 0.273. The summed E-state index contributed by atoms with van der Waals surface area (Å²) in [7, 11) is 0. The van der Waals surface area contributed by atoms with Gasteiger partial charge in [-0.1, -0.05) is 25.1 Å². The van der Waals surface area contributed by atoms with Gasteiger partial charge in [-0.3, -0.25) is 4.79 Å². The number of aromatic nitrogens is 1. The maximum Gasteiger partial charge on any atom is 0.272 e. The number of para-hydroxylation sites is 1. The SMILES string of the molecule is CC1CCN(C(=O)c2cc(Nc3ccc(F)cc3F)c3ccccc3n2)CC1. The summed E-state index contributed by atoms with van der Waals surface area (Å²) in [5.74, 6) is -0.843. The Morgan fingerprint density at radius 3 is 2.57 bits per heavy atom. The number of nitrogens with zero attached hydrogens (tertiary/aromatic N) is 2. The van der Waals surface area contributed by atoms with Crippen LogP contribution in [0, 0.1) is 17.6 Å². The van der Waals surface area contributed by atoms with E-state index in [0.29, 0.717) is 35.9 Å². The average molecular weight is 381 g/mol. The number of carbonyl (C=O) groups excluding carboxylic acids is 1. The molecule has 1 amide bonds. The third-order valence-electron chi connectivity index (χ3n) is 5.21. The van der Waals surface area contributed by atoms with E-state index in [0.717, 1.165) is 24.3 Å². The summed E-state index contributed by atoms with van der Waals surface area (Å²) in [5, 5.41) is 3.75. The molecule has 0 bridgehead atoms. The van der Waals surface area contributed by atoms with Gasteiger partial charge in [0.15, 0.2) is 0 Å². The lowest BCUT2D eigenvalue weighted by molar-refractivity contribution is 0.0691. The van der Waals surface area contributed by atoms with Crippen LogP contribution in [0.2, 0.25) is 0 Å². The van der Waals surface area contributed by atoms with Crippen molar-refractivity contribution in [1.82, 2.24) is 9.88 Å². The van der Waals surface area contributed by atoms with E-state index in [4.69, 9.17) is 0 Å². The summed E-state index contributed by atoms with van der Waals surface area (Å²) in [6.07, 6.45) is 1.95. The van der Waals surface area contributed by atoms with Crippen LogP contribution >= 0.6 is 0 Å². The quantitative estimate of drug-likeness (QED) is 0.684. The Morgan fingerprint density at radius 2 is 1.82 bits per heavy atom. The summed E-state index contributed by atoms with van der Waals surface area (Å²) in [4.78, 5) is 19.3. The van der Waals surface area contributed by atoms with Crippen LogP contribution < -0.4 is 5.32 Å². The van der Waals surface area contributed by atoms with Gasteiger partial charge in [0.1, 0.15) is 17.3 Å². The Bertz CT molecular complexity index is 1030. The maximum absolute atomic E-state index is 14.1. The van der Waals surface area contributed by atoms with Crippen molar-refractivity contribution in [3.63, 3.8) is 0 Å². The zero-order valence-electron chi connectivity index (χ0n) is 15.6. The van der Waals surface area contributed by atoms with Crippen LogP contribution in [-0.2, 0) is 0 Å². The van der Waals surface area contributed by atoms with E-state index in [1.807, 2.05) is 29.2 Å². The first-order valence-electron chi connectivity index (χ1n) is 9.42. The highest BCUT2D eigenvalue weighted by Gasteiger charge is 2.23. The average Bonchev–Trinajstić information content (AvgIpc) is 2.70. The van der Waals surface area contributed by atoms with Gasteiger partial charge in [-0.05, 0) is 43.0 Å². The Morgan fingerprint density at radius 1 is 1.07 bits per heavy atom. The molecular formula is C22H21F2N3O. The molecule has 1 fully saturated rings. The normalized spacial score (nSPS) is 15.0. The molecule has 0 aliphatic carbocycles. The van der Waals surface area contributed by atoms with Gasteiger partial charge in [0, 0.05) is 24.5 Å². The number of rotatable bonds is 3. The predicted molar refractivity (Wildman–Crippen MR) is 106 cm³/mol. The largest absolute Gasteiger partial charge is 0.353 e. The number of nitrogens with one attached hydrogen (secondary N) is 1. The zero-order valence-corrected chi connectivity index (χ0v) is 15.6. The maximum atomic E-state index is 14.1. The van der Waals surface area contributed by atoms with Crippen LogP contribution in [0.25, 0.3) is 10.9 Å². The van der Waals surface area contributed by atoms with Crippen LogP contribution in [-0.4, -0.2) is 28.9 Å². The third-order valence-corrected chi connectivity index (χ3v) is 5.21. The van der Waals surface area contributed by atoms with Crippen molar-refractivity contribution in [3.8, 4) is 0 Å². The minimum Gasteiger partial charge on any atom is -0.353 e. The van der Waals surface area contributed by atoms with Gasteiger partial charge < -0.3 is 10.2 Å². The number of hydrogen-bond donors (Lipinski definition) is 1. The molecule has 0 radical (unpaired) electrons. The summed E-state index contributed by atoms with van der Waals surface area (Å²) in [5.41, 5.74) is 1.66. The van der Waals surface area contributed by atoms with Crippen molar-refractivity contribution in [2.75, 3.05) is 18.4 Å². The number of halogens is 2. The number of carbonyl (C=O) groups is 1. The molecule has 1 aliphatic rings. The lowest BCUT2D eigenvalue weighted by atomic mass is 9.99. The Kier molecular flexibility index (Phi) is 4.94. The van der Waals surface area contributed by atoms with E-state index in [9.17, 15) is 13.6 Å². The molecule has 4 nitrogen and oxygen atoms in total. The molecule has 0 saturated carbocycles. The number of piperidine rings is 1. The van der Waals surface area contributed by atoms with Gasteiger partial charge in [0.25, 0.3) is 5.91 Å². The summed E-state index contributed by atoms with van der Waals surface area (Å²) in [6.45, 7) is 3.61. The van der Waals surface area contributed by atoms with Gasteiger partial charge in [0.05, 0.1) is 16.9 Å². The molecule has 2 heterocycles. The fourth-order valence-electron chi connectivity index (χ4n) is 3.50. The lowest BCUT2D eigenvalue weighted by Gasteiger charge is -2.30. The number of hydrogen-bond acceptors (Lipinski definition) is 3. The van der Waals surface area contributed by atoms with E-state index >= 15 is 0 Å². The van der Waals surface area contributed by atoms with Crippen molar-refractivity contribution < 1.29 is 13.6 Å². The molecule has 0 atom stereocenters. The van der Waals surface area contributed by atoms with E-state index in [-0.39, 0.29) is 11.6 Å². The highest BCUT2D eigenvalue weighted by atomic mass is 19.1. The minimum atomic E-state index is -0.696. The van der Waals surface area contributed by atoms with Gasteiger partial charge in [0.2, 0.25) is 0 Å². The Hall–Kier alpha value is -3.02. The molecule has 4 rings (SSSR count). The molecule has 28 heavy (non-hydrogen) atoms. The highest BCUT2D eigenvalue weighted by molar-refractivity contribution is 6.00. The van der Waals surface area contributed by atoms with Crippen molar-refractivity contribution in [1.29, 1.82) is 0 Å². The fourth-order valence-corrected chi connectivity index (χ4v) is 3.50. The van der Waals surface area contributed by atoms with Crippen LogP contribution in [0.1, 0.15) is 30.3 Å². The molecular weight excluding hydrogens is 360 g/mol. The number of fused-ring (bicyclic) bond motifs is 1. The second-order valence-corrected chi connectivity index (χ2v) is 7.30. The first kappa shape index (κ1) is 18.3. The topological polar surface area (TPSA) is 45.2 Å². The van der Waals surface area contributed by atoms with E-state index in [2.05, 4.69) is 17.2 Å². The van der Waals surface area contributed by atoms with Crippen molar-refractivity contribution in [2.45, 2.75) is 19.8 Å². The molecule has 0 unspecified atom stereocenters. The Balaban J connectivity index is 1.72. The molecule has 0 spiro atoms. The van der Waals surface area contributed by atoms with Crippen molar-refractivity contribution >= 4 is 28.2 Å². The number of anilines is 2. The molecule has 1 aliphatic heterocycles. The summed E-state index contributed by atoms with van der Waals surface area (Å²) >= 11 is 0. The van der Waals surface area contributed by atoms with Crippen molar-refractivity contribution in [2.24, 2.45) is 5.92 Å². The van der Waals surface area contributed by atoms with Gasteiger partial charge >= 0.3 is 0 Å². The monoisotopic (exact) mass is 381 g/mol. The number of benzene rings is 2. The van der Waals surface area contributed by atoms with Crippen LogP contribution in [0.4, 0.5) is 20.2 Å². The molecule has 2 aromatic carbocycles. The molecule has 1 aromatic heterocycles. The van der Waals surface area contributed by atoms with Crippen LogP contribution in [0.5, 0.6) is 0 Å². The van der Waals surface area contributed by atoms with Crippen LogP contribution in [0.3, 0.4) is 0 Å². The van der Waals surface area contributed by atoms with Gasteiger partial charge in [-0.2, -0.15) is 0 Å². The number of pyridine rings is 1. The van der Waals surface area contributed by atoms with E-state index in [1.165, 1.54) is 12.1 Å². The Labute approximate surface area is 162 Å². The summed E-state index contributed by atoms with van der Waals surface area (Å²) < 4.78 is 27.3. The molecule has 6 heteroatoms. The van der Waals surface area contributed by atoms with Crippen LogP contribution in [0.15, 0.2) is 48.5 Å². The van der Waals surface area contributed by atoms with Gasteiger partial charge in [-0.15, -0.1) is 0 Å². The lowest BCUT2D eigenvalue weighted by Crippen LogP contribution is -2.38. The first-order chi connectivity index (χ1) is 13.5. The number of likely N-dealkylation sites (tertiary alicyclic amines) is 1. The first-order valence-corrected chi connectivity index (χ1v) is 9.42. The summed E-state index contributed by atoms with van der Waals surface area (Å²) in [6, 6.07) is 12.4. The van der Waals surface area contributed by atoms with Crippen molar-refractivity contribution in [3.05, 3.63) is 65.9 Å². The zero-order chi connectivity index (χ0) is 19.7. The molecule has 144 valence electrons. The van der Waals surface area contributed by atoms with Gasteiger partial charge in [-0.25, -0.2) is 13.8 Å². The highest BCUT2D eigenvalue weighted by Crippen LogP contribution is 2.29. The standard InChI is InChI=1S/C22H21F2N3O/c1-14-8-10-27(11-9-14)22(28)21-13-20(16-4-2-3-5-18(16)25-21)26-19-7-6-15(23)12-17(19)24/h2-7,12-14H,8-11H2,1H3,(H,25,26). The molecule has 1 N–H and O–H groups in total. The predicted octanol–water partition coefficient (Wildman–Crippen LogP) is 5.13.